The summed E-state index contributed by atoms with van der Waals surface area (Å²) in [6.07, 6.45) is 0. The number of anilines is 1. The standard InChI is InChI=1S/C9H14N2O2/c1-11(2)8-3-4-9(12)7(5-8)6-10-13/h3-5,10,12-13H,6H2,1-2H3. The summed E-state index contributed by atoms with van der Waals surface area (Å²) >= 11 is 0. The van der Waals surface area contributed by atoms with E-state index >= 15 is 0 Å². The molecule has 4 heteroatoms. The minimum Gasteiger partial charge on any atom is -0.508 e. The molecule has 0 aliphatic heterocycles. The maximum atomic E-state index is 9.38. The SMILES string of the molecule is CN(C)c1ccc(O)c(CNO)c1. The number of hydrogen-bond acceptors (Lipinski definition) is 4. The maximum absolute atomic E-state index is 9.38. The number of rotatable bonds is 3. The van der Waals surface area contributed by atoms with E-state index in [0.717, 1.165) is 5.69 Å². The third kappa shape index (κ3) is 2.34. The van der Waals surface area contributed by atoms with Gasteiger partial charge in [-0.3, -0.25) is 0 Å². The van der Waals surface area contributed by atoms with Crippen LogP contribution in [0.2, 0.25) is 0 Å². The summed E-state index contributed by atoms with van der Waals surface area (Å²) in [5.74, 6) is 0.187. The molecule has 0 aliphatic rings. The molecule has 72 valence electrons. The van der Waals surface area contributed by atoms with Gasteiger partial charge in [-0.15, -0.1) is 0 Å². The van der Waals surface area contributed by atoms with E-state index in [9.17, 15) is 5.11 Å². The van der Waals surface area contributed by atoms with Gasteiger partial charge in [0.15, 0.2) is 0 Å². The zero-order chi connectivity index (χ0) is 9.84. The minimum absolute atomic E-state index is 0.187. The van der Waals surface area contributed by atoms with E-state index in [0.29, 0.717) is 5.56 Å². The summed E-state index contributed by atoms with van der Waals surface area (Å²) in [5, 5.41) is 17.9. The Bertz CT molecular complexity index is 287. The Morgan fingerprint density at radius 1 is 1.38 bits per heavy atom. The predicted octanol–water partition coefficient (Wildman–Crippen LogP) is 0.937. The number of phenolic OH excluding ortho intramolecular Hbond substituents is 1. The van der Waals surface area contributed by atoms with Crippen LogP contribution in [0.15, 0.2) is 18.2 Å². The molecule has 13 heavy (non-hydrogen) atoms. The monoisotopic (exact) mass is 182 g/mol. The molecule has 0 amide bonds. The summed E-state index contributed by atoms with van der Waals surface area (Å²) in [6.45, 7) is 0.244. The largest absolute Gasteiger partial charge is 0.508 e. The molecular weight excluding hydrogens is 168 g/mol. The average molecular weight is 182 g/mol. The van der Waals surface area contributed by atoms with Gasteiger partial charge in [-0.25, -0.2) is 5.48 Å². The predicted molar refractivity (Wildman–Crippen MR) is 51.1 cm³/mol. The van der Waals surface area contributed by atoms with Gasteiger partial charge in [0.05, 0.1) is 0 Å². The van der Waals surface area contributed by atoms with Crippen LogP contribution in [0, 0.1) is 0 Å². The van der Waals surface area contributed by atoms with Gasteiger partial charge in [0.1, 0.15) is 5.75 Å². The van der Waals surface area contributed by atoms with Gasteiger partial charge >= 0.3 is 0 Å². The van der Waals surface area contributed by atoms with Gasteiger partial charge in [0, 0.05) is 31.9 Å². The Hall–Kier alpha value is -1.26. The van der Waals surface area contributed by atoms with Crippen LogP contribution >= 0.6 is 0 Å². The lowest BCUT2D eigenvalue weighted by molar-refractivity contribution is 0.160. The lowest BCUT2D eigenvalue weighted by atomic mass is 10.1. The molecule has 1 aromatic carbocycles. The highest BCUT2D eigenvalue weighted by Crippen LogP contribution is 2.22. The van der Waals surface area contributed by atoms with Crippen LogP contribution in [0.25, 0.3) is 0 Å². The van der Waals surface area contributed by atoms with Crippen molar-refractivity contribution >= 4 is 5.69 Å². The molecule has 0 radical (unpaired) electrons. The number of hydroxylamine groups is 1. The van der Waals surface area contributed by atoms with Crippen molar-refractivity contribution in [1.82, 2.24) is 5.48 Å². The Labute approximate surface area is 77.4 Å². The number of phenols is 1. The molecule has 0 atom stereocenters. The lowest BCUT2D eigenvalue weighted by Gasteiger charge is -2.14. The van der Waals surface area contributed by atoms with Crippen molar-refractivity contribution < 1.29 is 10.3 Å². The van der Waals surface area contributed by atoms with E-state index in [2.05, 4.69) is 0 Å². The van der Waals surface area contributed by atoms with Crippen molar-refractivity contribution in [2.24, 2.45) is 0 Å². The zero-order valence-electron chi connectivity index (χ0n) is 7.78. The molecule has 0 spiro atoms. The zero-order valence-corrected chi connectivity index (χ0v) is 7.78. The number of aromatic hydroxyl groups is 1. The molecule has 4 nitrogen and oxygen atoms in total. The highest BCUT2D eigenvalue weighted by Gasteiger charge is 2.02. The fraction of sp³-hybridized carbons (Fsp3) is 0.333. The molecule has 0 heterocycles. The van der Waals surface area contributed by atoms with E-state index in [1.165, 1.54) is 0 Å². The van der Waals surface area contributed by atoms with E-state index in [1.807, 2.05) is 36.6 Å². The van der Waals surface area contributed by atoms with Crippen LogP contribution in [-0.2, 0) is 6.54 Å². The van der Waals surface area contributed by atoms with Crippen molar-refractivity contribution in [3.8, 4) is 5.75 Å². The molecule has 0 aliphatic carbocycles. The minimum atomic E-state index is 0.187. The average Bonchev–Trinajstić information content (AvgIpc) is 2.08. The highest BCUT2D eigenvalue weighted by atomic mass is 16.5. The van der Waals surface area contributed by atoms with E-state index in [-0.39, 0.29) is 12.3 Å². The van der Waals surface area contributed by atoms with Gasteiger partial charge in [0.25, 0.3) is 0 Å². The summed E-state index contributed by atoms with van der Waals surface area (Å²) < 4.78 is 0. The molecule has 0 bridgehead atoms. The third-order valence-corrected chi connectivity index (χ3v) is 1.85. The van der Waals surface area contributed by atoms with E-state index < -0.39 is 0 Å². The Kier molecular flexibility index (Phi) is 3.11. The first-order valence-electron chi connectivity index (χ1n) is 4.01. The number of nitrogens with zero attached hydrogens (tertiary/aromatic N) is 1. The second kappa shape index (κ2) is 4.11. The summed E-state index contributed by atoms with van der Waals surface area (Å²) in [7, 11) is 3.84. The molecule has 1 aromatic rings. The topological polar surface area (TPSA) is 55.7 Å². The Balaban J connectivity index is 2.97. The summed E-state index contributed by atoms with van der Waals surface area (Å²) in [5.41, 5.74) is 3.68. The van der Waals surface area contributed by atoms with E-state index in [1.54, 1.807) is 6.07 Å². The normalized spacial score (nSPS) is 10.1. The molecule has 3 N–H and O–H groups in total. The van der Waals surface area contributed by atoms with Gasteiger partial charge in [-0.05, 0) is 18.2 Å². The summed E-state index contributed by atoms with van der Waals surface area (Å²) in [6, 6.07) is 5.25. The lowest BCUT2D eigenvalue weighted by Crippen LogP contribution is -2.11. The van der Waals surface area contributed by atoms with Crippen molar-refractivity contribution in [2.45, 2.75) is 6.54 Å². The first kappa shape index (κ1) is 9.83. The second-order valence-electron chi connectivity index (χ2n) is 3.04. The number of benzene rings is 1. The Morgan fingerprint density at radius 3 is 2.62 bits per heavy atom. The number of nitrogens with one attached hydrogen (secondary N) is 1. The van der Waals surface area contributed by atoms with Gasteiger partial charge < -0.3 is 15.2 Å². The molecule has 0 unspecified atom stereocenters. The molecule has 0 saturated carbocycles. The fourth-order valence-corrected chi connectivity index (χ4v) is 1.08. The van der Waals surface area contributed by atoms with Crippen LogP contribution in [0.4, 0.5) is 5.69 Å². The second-order valence-corrected chi connectivity index (χ2v) is 3.04. The van der Waals surface area contributed by atoms with Crippen LogP contribution in [-0.4, -0.2) is 24.4 Å². The van der Waals surface area contributed by atoms with Crippen molar-refractivity contribution in [3.05, 3.63) is 23.8 Å². The molecule has 0 fully saturated rings. The van der Waals surface area contributed by atoms with Crippen LogP contribution in [0.1, 0.15) is 5.56 Å². The van der Waals surface area contributed by atoms with E-state index in [4.69, 9.17) is 5.21 Å². The maximum Gasteiger partial charge on any atom is 0.120 e. The van der Waals surface area contributed by atoms with Crippen LogP contribution in [0.5, 0.6) is 5.75 Å². The van der Waals surface area contributed by atoms with Crippen LogP contribution in [0.3, 0.4) is 0 Å². The van der Waals surface area contributed by atoms with Crippen LogP contribution < -0.4 is 10.4 Å². The molecule has 1 rings (SSSR count). The first-order chi connectivity index (χ1) is 6.15. The third-order valence-electron chi connectivity index (χ3n) is 1.85. The molecule has 0 aromatic heterocycles. The van der Waals surface area contributed by atoms with Gasteiger partial charge in [-0.2, -0.15) is 0 Å². The number of hydrogen-bond donors (Lipinski definition) is 3. The van der Waals surface area contributed by atoms with Crippen molar-refractivity contribution in [3.63, 3.8) is 0 Å². The van der Waals surface area contributed by atoms with Gasteiger partial charge in [0.2, 0.25) is 0 Å². The first-order valence-corrected chi connectivity index (χ1v) is 4.01. The molecular formula is C9H14N2O2. The molecule has 0 saturated heterocycles. The quantitative estimate of drug-likeness (QED) is 0.609. The summed E-state index contributed by atoms with van der Waals surface area (Å²) in [4.78, 5) is 1.93. The smallest absolute Gasteiger partial charge is 0.120 e. The Morgan fingerprint density at radius 2 is 2.08 bits per heavy atom. The highest BCUT2D eigenvalue weighted by molar-refractivity contribution is 5.51. The van der Waals surface area contributed by atoms with Crippen molar-refractivity contribution in [1.29, 1.82) is 0 Å². The van der Waals surface area contributed by atoms with Gasteiger partial charge in [-0.1, -0.05) is 0 Å². The fourth-order valence-electron chi connectivity index (χ4n) is 1.08. The van der Waals surface area contributed by atoms with Crippen molar-refractivity contribution in [2.75, 3.05) is 19.0 Å².